The number of carboxylic acids is 1. The van der Waals surface area contributed by atoms with E-state index in [0.29, 0.717) is 17.9 Å². The van der Waals surface area contributed by atoms with Crippen molar-refractivity contribution in [2.45, 2.75) is 19.9 Å². The number of thioether (sulfide) groups is 1. The molecule has 2 heterocycles. The second kappa shape index (κ2) is 7.04. The van der Waals surface area contributed by atoms with Gasteiger partial charge in [-0.25, -0.2) is 9.48 Å². The number of hydrogen-bond donors (Lipinski definition) is 1. The number of pyridine rings is 1. The molecule has 0 fully saturated rings. The number of carbonyl (C=O) groups is 1. The topological polar surface area (TPSA) is 80.9 Å². The van der Waals surface area contributed by atoms with Crippen LogP contribution in [0.1, 0.15) is 23.8 Å². The van der Waals surface area contributed by atoms with E-state index in [1.165, 1.54) is 0 Å². The molecule has 0 unspecified atom stereocenters. The van der Waals surface area contributed by atoms with Crippen LogP contribution in [-0.4, -0.2) is 42.6 Å². The minimum absolute atomic E-state index is 0.0492. The molecule has 0 saturated carbocycles. The largest absolute Gasteiger partial charge is 0.476 e. The Morgan fingerprint density at radius 3 is 2.95 bits per heavy atom. The molecule has 0 aliphatic carbocycles. The Hall–Kier alpha value is -1.89. The Balaban J connectivity index is 2.26. The minimum Gasteiger partial charge on any atom is -0.476 e. The fourth-order valence-corrected chi connectivity index (χ4v) is 2.45. The first-order valence-electron chi connectivity index (χ1n) is 6.40. The van der Waals surface area contributed by atoms with Gasteiger partial charge in [-0.3, -0.25) is 4.98 Å². The first-order chi connectivity index (χ1) is 9.74. The number of rotatable bonds is 7. The van der Waals surface area contributed by atoms with Gasteiger partial charge in [-0.05, 0) is 30.1 Å². The fraction of sp³-hybridized carbons (Fsp3) is 0.385. The maximum atomic E-state index is 11.2. The lowest BCUT2D eigenvalue weighted by Crippen LogP contribution is -2.06. The Bertz CT molecular complexity index is 571. The summed E-state index contributed by atoms with van der Waals surface area (Å²) in [5, 5.41) is 16.9. The number of aromatic carboxylic acids is 1. The normalized spacial score (nSPS) is 10.7. The molecular weight excluding hydrogens is 276 g/mol. The van der Waals surface area contributed by atoms with Gasteiger partial charge in [0.1, 0.15) is 5.69 Å². The average molecular weight is 292 g/mol. The third-order valence-electron chi connectivity index (χ3n) is 2.71. The second-order valence-electron chi connectivity index (χ2n) is 4.08. The van der Waals surface area contributed by atoms with Crippen LogP contribution in [0.2, 0.25) is 0 Å². The van der Waals surface area contributed by atoms with Crippen molar-refractivity contribution in [3.8, 4) is 11.4 Å². The lowest BCUT2D eigenvalue weighted by Gasteiger charge is -2.06. The van der Waals surface area contributed by atoms with Crippen LogP contribution in [0.5, 0.6) is 0 Å². The molecular formula is C13H16N4O2S. The van der Waals surface area contributed by atoms with Gasteiger partial charge in [-0.2, -0.15) is 11.8 Å². The minimum atomic E-state index is -1.08. The third-order valence-corrected chi connectivity index (χ3v) is 3.69. The molecule has 0 aromatic carbocycles. The molecule has 6 nitrogen and oxygen atoms in total. The monoisotopic (exact) mass is 292 g/mol. The van der Waals surface area contributed by atoms with Crippen LogP contribution in [0.4, 0.5) is 0 Å². The highest BCUT2D eigenvalue weighted by Gasteiger charge is 2.21. The predicted octanol–water partition coefficient (Wildman–Crippen LogP) is 2.18. The van der Waals surface area contributed by atoms with E-state index in [2.05, 4.69) is 22.2 Å². The molecule has 0 aliphatic rings. The van der Waals surface area contributed by atoms with Crippen LogP contribution < -0.4 is 0 Å². The summed E-state index contributed by atoms with van der Waals surface area (Å²) in [5.41, 5.74) is 1.00. The first-order valence-corrected chi connectivity index (χ1v) is 7.55. The highest BCUT2D eigenvalue weighted by atomic mass is 32.2. The molecule has 106 valence electrons. The van der Waals surface area contributed by atoms with Crippen molar-refractivity contribution >= 4 is 17.7 Å². The highest BCUT2D eigenvalue weighted by molar-refractivity contribution is 7.99. The molecule has 0 atom stereocenters. The maximum Gasteiger partial charge on any atom is 0.358 e. The zero-order valence-corrected chi connectivity index (χ0v) is 12.0. The summed E-state index contributed by atoms with van der Waals surface area (Å²) >= 11 is 1.85. The molecule has 0 radical (unpaired) electrons. The molecule has 2 aromatic heterocycles. The summed E-state index contributed by atoms with van der Waals surface area (Å²) in [6.07, 6.45) is 2.55. The first kappa shape index (κ1) is 14.5. The van der Waals surface area contributed by atoms with E-state index >= 15 is 0 Å². The van der Waals surface area contributed by atoms with Gasteiger partial charge in [-0.15, -0.1) is 5.10 Å². The quantitative estimate of drug-likeness (QED) is 0.788. The van der Waals surface area contributed by atoms with Crippen molar-refractivity contribution in [3.05, 3.63) is 30.1 Å². The average Bonchev–Trinajstić information content (AvgIpc) is 2.88. The summed E-state index contributed by atoms with van der Waals surface area (Å²) in [6, 6.07) is 5.37. The SMILES string of the molecule is CCSCCCn1nnc(C(=O)O)c1-c1ccccn1. The molecule has 0 amide bonds. The summed E-state index contributed by atoms with van der Waals surface area (Å²) in [7, 11) is 0. The summed E-state index contributed by atoms with van der Waals surface area (Å²) in [5.74, 6) is 1.01. The van der Waals surface area contributed by atoms with E-state index in [4.69, 9.17) is 0 Å². The zero-order chi connectivity index (χ0) is 14.4. The number of aryl methyl sites for hydroxylation is 1. The molecule has 2 aromatic rings. The Kier molecular flexibility index (Phi) is 5.11. The van der Waals surface area contributed by atoms with E-state index in [9.17, 15) is 9.90 Å². The van der Waals surface area contributed by atoms with Gasteiger partial charge in [0.05, 0.1) is 5.69 Å². The smallest absolute Gasteiger partial charge is 0.358 e. The van der Waals surface area contributed by atoms with Crippen molar-refractivity contribution in [1.29, 1.82) is 0 Å². The van der Waals surface area contributed by atoms with Gasteiger partial charge in [0.2, 0.25) is 0 Å². The van der Waals surface area contributed by atoms with E-state index in [0.717, 1.165) is 17.9 Å². The van der Waals surface area contributed by atoms with Gasteiger partial charge >= 0.3 is 5.97 Å². The maximum absolute atomic E-state index is 11.2. The highest BCUT2D eigenvalue weighted by Crippen LogP contribution is 2.20. The zero-order valence-electron chi connectivity index (χ0n) is 11.2. The van der Waals surface area contributed by atoms with Crippen molar-refractivity contribution < 1.29 is 9.90 Å². The van der Waals surface area contributed by atoms with E-state index in [1.807, 2.05) is 17.8 Å². The van der Waals surface area contributed by atoms with Gasteiger partial charge in [0.25, 0.3) is 0 Å². The van der Waals surface area contributed by atoms with Crippen LogP contribution in [-0.2, 0) is 6.54 Å². The molecule has 0 bridgehead atoms. The molecule has 2 rings (SSSR count). The molecule has 0 saturated heterocycles. The number of nitrogens with zero attached hydrogens (tertiary/aromatic N) is 4. The molecule has 0 spiro atoms. The summed E-state index contributed by atoms with van der Waals surface area (Å²) in [6.45, 7) is 2.75. The van der Waals surface area contributed by atoms with Crippen LogP contribution in [0.25, 0.3) is 11.4 Å². The van der Waals surface area contributed by atoms with Gasteiger partial charge in [0, 0.05) is 12.7 Å². The van der Waals surface area contributed by atoms with E-state index in [-0.39, 0.29) is 5.69 Å². The van der Waals surface area contributed by atoms with Crippen LogP contribution in [0.15, 0.2) is 24.4 Å². The van der Waals surface area contributed by atoms with Crippen molar-refractivity contribution in [1.82, 2.24) is 20.0 Å². The standard InChI is InChI=1S/C13H16N4O2S/c1-2-20-9-5-8-17-12(10-6-3-4-7-14-10)11(13(18)19)15-16-17/h3-4,6-7H,2,5,8-9H2,1H3,(H,18,19). The Labute approximate surface area is 121 Å². The van der Waals surface area contributed by atoms with E-state index < -0.39 is 5.97 Å². The van der Waals surface area contributed by atoms with Gasteiger partial charge in [0.15, 0.2) is 5.69 Å². The fourth-order valence-electron chi connectivity index (χ4n) is 1.83. The Morgan fingerprint density at radius 1 is 1.45 bits per heavy atom. The number of carboxylic acid groups (broad SMARTS) is 1. The number of aromatic nitrogens is 4. The summed E-state index contributed by atoms with van der Waals surface area (Å²) in [4.78, 5) is 15.4. The predicted molar refractivity (Wildman–Crippen MR) is 77.8 cm³/mol. The Morgan fingerprint density at radius 2 is 2.30 bits per heavy atom. The van der Waals surface area contributed by atoms with E-state index in [1.54, 1.807) is 23.0 Å². The van der Waals surface area contributed by atoms with Gasteiger partial charge in [-0.1, -0.05) is 18.2 Å². The number of hydrogen-bond acceptors (Lipinski definition) is 5. The van der Waals surface area contributed by atoms with Crippen molar-refractivity contribution in [2.24, 2.45) is 0 Å². The lowest BCUT2D eigenvalue weighted by molar-refractivity contribution is 0.0691. The van der Waals surface area contributed by atoms with Crippen LogP contribution >= 0.6 is 11.8 Å². The van der Waals surface area contributed by atoms with Crippen molar-refractivity contribution in [2.75, 3.05) is 11.5 Å². The molecule has 0 aliphatic heterocycles. The van der Waals surface area contributed by atoms with Crippen LogP contribution in [0.3, 0.4) is 0 Å². The molecule has 20 heavy (non-hydrogen) atoms. The molecule has 1 N–H and O–H groups in total. The lowest BCUT2D eigenvalue weighted by atomic mass is 10.2. The summed E-state index contributed by atoms with van der Waals surface area (Å²) < 4.78 is 1.63. The van der Waals surface area contributed by atoms with Crippen LogP contribution in [0, 0.1) is 0 Å². The van der Waals surface area contributed by atoms with Gasteiger partial charge < -0.3 is 5.11 Å². The van der Waals surface area contributed by atoms with Crippen molar-refractivity contribution in [3.63, 3.8) is 0 Å². The second-order valence-corrected chi connectivity index (χ2v) is 5.47. The third kappa shape index (κ3) is 3.36. The molecule has 7 heteroatoms.